The lowest BCUT2D eigenvalue weighted by Crippen LogP contribution is -2.19. The van der Waals surface area contributed by atoms with Crippen molar-refractivity contribution in [1.29, 1.82) is 0 Å². The quantitative estimate of drug-likeness (QED) is 0.876. The van der Waals surface area contributed by atoms with E-state index in [4.69, 9.17) is 0 Å². The molecule has 1 N–H and O–H groups in total. The van der Waals surface area contributed by atoms with Gasteiger partial charge in [0.15, 0.2) is 0 Å². The molecule has 92 valence electrons. The van der Waals surface area contributed by atoms with Gasteiger partial charge < -0.3 is 5.32 Å². The minimum absolute atomic E-state index is 0.474. The maximum absolute atomic E-state index is 4.44. The smallest absolute Gasteiger partial charge is 0.106 e. The lowest BCUT2D eigenvalue weighted by atomic mass is 10.1. The van der Waals surface area contributed by atoms with Crippen LogP contribution >= 0.6 is 15.9 Å². The molecular formula is C15H15BrN2. The number of halogens is 1. The van der Waals surface area contributed by atoms with Gasteiger partial charge in [0.25, 0.3) is 0 Å². The average Bonchev–Trinajstić information content (AvgIpc) is 2.80. The van der Waals surface area contributed by atoms with Crippen LogP contribution in [0, 0.1) is 0 Å². The average molecular weight is 303 g/mol. The third-order valence-electron chi connectivity index (χ3n) is 3.44. The van der Waals surface area contributed by atoms with Gasteiger partial charge in [0, 0.05) is 12.6 Å². The molecule has 0 saturated carbocycles. The van der Waals surface area contributed by atoms with Crippen molar-refractivity contribution in [3.63, 3.8) is 0 Å². The number of hydrogen-bond acceptors (Lipinski definition) is 2. The molecule has 0 radical (unpaired) electrons. The third-order valence-corrected chi connectivity index (χ3v) is 3.88. The Morgan fingerprint density at radius 3 is 2.94 bits per heavy atom. The highest BCUT2D eigenvalue weighted by atomic mass is 79.9. The van der Waals surface area contributed by atoms with E-state index in [0.717, 1.165) is 16.8 Å². The number of nitrogens with zero attached hydrogens (tertiary/aromatic N) is 1. The number of aryl methyl sites for hydroxylation is 1. The summed E-state index contributed by atoms with van der Waals surface area (Å²) in [6.07, 6.45) is 2.37. The van der Waals surface area contributed by atoms with Crippen LogP contribution in [0.4, 0.5) is 0 Å². The van der Waals surface area contributed by atoms with Gasteiger partial charge in [-0.25, -0.2) is 4.98 Å². The van der Waals surface area contributed by atoms with E-state index in [1.807, 2.05) is 12.1 Å². The van der Waals surface area contributed by atoms with Gasteiger partial charge in [0.2, 0.25) is 0 Å². The highest BCUT2D eigenvalue weighted by Crippen LogP contribution is 2.30. The molecule has 1 aliphatic rings. The monoisotopic (exact) mass is 302 g/mol. The van der Waals surface area contributed by atoms with E-state index in [0.29, 0.717) is 6.04 Å². The Morgan fingerprint density at radius 2 is 2.06 bits per heavy atom. The number of benzene rings is 1. The van der Waals surface area contributed by atoms with E-state index >= 15 is 0 Å². The summed E-state index contributed by atoms with van der Waals surface area (Å²) in [4.78, 5) is 4.44. The molecule has 0 amide bonds. The lowest BCUT2D eigenvalue weighted by Gasteiger charge is -2.13. The molecule has 1 heterocycles. The zero-order valence-corrected chi connectivity index (χ0v) is 11.7. The number of fused-ring (bicyclic) bond motifs is 1. The van der Waals surface area contributed by atoms with Crippen molar-refractivity contribution < 1.29 is 0 Å². The van der Waals surface area contributed by atoms with Crippen molar-refractivity contribution in [3.8, 4) is 0 Å². The number of pyridine rings is 1. The Bertz CT molecular complexity index is 554. The Hall–Kier alpha value is -1.19. The molecular weight excluding hydrogens is 288 g/mol. The Labute approximate surface area is 116 Å². The van der Waals surface area contributed by atoms with Gasteiger partial charge in [-0.2, -0.15) is 0 Å². The molecule has 1 unspecified atom stereocenters. The van der Waals surface area contributed by atoms with Crippen molar-refractivity contribution in [2.75, 3.05) is 0 Å². The first-order valence-electron chi connectivity index (χ1n) is 6.25. The van der Waals surface area contributed by atoms with E-state index in [-0.39, 0.29) is 0 Å². The summed E-state index contributed by atoms with van der Waals surface area (Å²) in [5.74, 6) is 0. The largest absolute Gasteiger partial charge is 0.304 e. The molecule has 1 atom stereocenters. The second kappa shape index (κ2) is 5.21. The van der Waals surface area contributed by atoms with Crippen LogP contribution in [0.2, 0.25) is 0 Å². The molecule has 18 heavy (non-hydrogen) atoms. The molecule has 0 fully saturated rings. The molecule has 0 aliphatic heterocycles. The van der Waals surface area contributed by atoms with Gasteiger partial charge in [-0.05, 0) is 52.0 Å². The summed E-state index contributed by atoms with van der Waals surface area (Å²) in [5.41, 5.74) is 4.01. The van der Waals surface area contributed by atoms with Gasteiger partial charge in [0.05, 0.1) is 5.69 Å². The van der Waals surface area contributed by atoms with Gasteiger partial charge in [0.1, 0.15) is 4.60 Å². The number of rotatable bonds is 3. The Morgan fingerprint density at radius 1 is 1.17 bits per heavy atom. The standard InChI is InChI=1S/C15H15BrN2/c16-15-7-3-5-12(18-15)10-17-14-9-8-11-4-1-2-6-13(11)14/h1-7,14,17H,8-10H2. The van der Waals surface area contributed by atoms with E-state index in [1.54, 1.807) is 0 Å². The van der Waals surface area contributed by atoms with E-state index < -0.39 is 0 Å². The summed E-state index contributed by atoms with van der Waals surface area (Å²) in [7, 11) is 0. The summed E-state index contributed by atoms with van der Waals surface area (Å²) >= 11 is 3.40. The van der Waals surface area contributed by atoms with Crippen molar-refractivity contribution in [2.24, 2.45) is 0 Å². The maximum Gasteiger partial charge on any atom is 0.106 e. The van der Waals surface area contributed by atoms with Gasteiger partial charge in [-0.3, -0.25) is 0 Å². The Kier molecular flexibility index (Phi) is 3.43. The third kappa shape index (κ3) is 2.47. The summed E-state index contributed by atoms with van der Waals surface area (Å²) in [5, 5.41) is 3.60. The minimum atomic E-state index is 0.474. The highest BCUT2D eigenvalue weighted by molar-refractivity contribution is 9.10. The van der Waals surface area contributed by atoms with Crippen LogP contribution in [0.5, 0.6) is 0 Å². The van der Waals surface area contributed by atoms with Crippen LogP contribution in [-0.2, 0) is 13.0 Å². The maximum atomic E-state index is 4.44. The van der Waals surface area contributed by atoms with E-state index in [2.05, 4.69) is 56.6 Å². The van der Waals surface area contributed by atoms with E-state index in [1.165, 1.54) is 24.0 Å². The first-order chi connectivity index (χ1) is 8.83. The highest BCUT2D eigenvalue weighted by Gasteiger charge is 2.20. The fraction of sp³-hybridized carbons (Fsp3) is 0.267. The fourth-order valence-electron chi connectivity index (χ4n) is 2.55. The molecule has 1 aromatic heterocycles. The molecule has 0 spiro atoms. The zero-order valence-electron chi connectivity index (χ0n) is 10.1. The lowest BCUT2D eigenvalue weighted by molar-refractivity contribution is 0.525. The fourth-order valence-corrected chi connectivity index (χ4v) is 2.93. The van der Waals surface area contributed by atoms with Gasteiger partial charge >= 0.3 is 0 Å². The number of aromatic nitrogens is 1. The number of nitrogens with one attached hydrogen (secondary N) is 1. The molecule has 3 rings (SSSR count). The van der Waals surface area contributed by atoms with E-state index in [9.17, 15) is 0 Å². The second-order valence-electron chi connectivity index (χ2n) is 4.62. The topological polar surface area (TPSA) is 24.9 Å². The van der Waals surface area contributed by atoms with Crippen molar-refractivity contribution in [2.45, 2.75) is 25.4 Å². The van der Waals surface area contributed by atoms with Crippen LogP contribution in [0.3, 0.4) is 0 Å². The predicted molar refractivity (Wildman–Crippen MR) is 76.3 cm³/mol. The van der Waals surface area contributed by atoms with Crippen LogP contribution in [0.15, 0.2) is 47.1 Å². The predicted octanol–water partition coefficient (Wildman–Crippen LogP) is 3.62. The molecule has 1 aromatic carbocycles. The molecule has 0 bridgehead atoms. The molecule has 2 aromatic rings. The minimum Gasteiger partial charge on any atom is -0.304 e. The first-order valence-corrected chi connectivity index (χ1v) is 7.05. The molecule has 0 saturated heterocycles. The first kappa shape index (κ1) is 11.9. The summed E-state index contributed by atoms with van der Waals surface area (Å²) in [6, 6.07) is 15.2. The summed E-state index contributed by atoms with van der Waals surface area (Å²) in [6.45, 7) is 0.818. The zero-order chi connectivity index (χ0) is 12.4. The van der Waals surface area contributed by atoms with Crippen LogP contribution in [-0.4, -0.2) is 4.98 Å². The van der Waals surface area contributed by atoms with Crippen molar-refractivity contribution in [3.05, 3.63) is 63.9 Å². The molecule has 2 nitrogen and oxygen atoms in total. The second-order valence-corrected chi connectivity index (χ2v) is 5.44. The van der Waals surface area contributed by atoms with Crippen molar-refractivity contribution in [1.82, 2.24) is 10.3 Å². The molecule has 3 heteroatoms. The van der Waals surface area contributed by atoms with Crippen molar-refractivity contribution >= 4 is 15.9 Å². The van der Waals surface area contributed by atoms with Gasteiger partial charge in [-0.1, -0.05) is 30.3 Å². The van der Waals surface area contributed by atoms with Gasteiger partial charge in [-0.15, -0.1) is 0 Å². The van der Waals surface area contributed by atoms with Crippen LogP contribution in [0.1, 0.15) is 29.3 Å². The molecule has 1 aliphatic carbocycles. The summed E-state index contributed by atoms with van der Waals surface area (Å²) < 4.78 is 0.897. The van der Waals surface area contributed by atoms with Crippen LogP contribution < -0.4 is 5.32 Å². The SMILES string of the molecule is Brc1cccc(CNC2CCc3ccccc32)n1. The van der Waals surface area contributed by atoms with Crippen LogP contribution in [0.25, 0.3) is 0 Å². The Balaban J connectivity index is 1.69. The number of hydrogen-bond donors (Lipinski definition) is 1. The normalized spacial score (nSPS) is 17.7.